The highest BCUT2D eigenvalue weighted by Gasteiger charge is 2.40. The molecule has 0 radical (unpaired) electrons. The van der Waals surface area contributed by atoms with Crippen molar-refractivity contribution >= 4 is 29.3 Å². The van der Waals surface area contributed by atoms with Gasteiger partial charge < -0.3 is 14.2 Å². The maximum atomic E-state index is 11.7. The maximum absolute atomic E-state index is 11.7. The van der Waals surface area contributed by atoms with Crippen LogP contribution in [0.25, 0.3) is 0 Å². The van der Waals surface area contributed by atoms with Gasteiger partial charge in [0.1, 0.15) is 0 Å². The summed E-state index contributed by atoms with van der Waals surface area (Å²) in [6.07, 6.45) is -0.438. The van der Waals surface area contributed by atoms with E-state index in [1.807, 2.05) is 0 Å². The van der Waals surface area contributed by atoms with Crippen molar-refractivity contribution in [1.29, 1.82) is 0 Å². The molecule has 100 valence electrons. The monoisotopic (exact) mass is 262 g/mol. The van der Waals surface area contributed by atoms with E-state index in [0.29, 0.717) is 0 Å². The summed E-state index contributed by atoms with van der Waals surface area (Å²) in [7, 11) is 0. The first kappa shape index (κ1) is 18.9. The number of esters is 2. The lowest BCUT2D eigenvalue weighted by Crippen LogP contribution is -2.46. The van der Waals surface area contributed by atoms with Crippen molar-refractivity contribution in [2.24, 2.45) is 0 Å². The zero-order valence-corrected chi connectivity index (χ0v) is 10.7. The van der Waals surface area contributed by atoms with Crippen molar-refractivity contribution < 1.29 is 23.8 Å². The molecular weight excluding hydrogens is 239 g/mol. The molecule has 0 aromatic heterocycles. The van der Waals surface area contributed by atoms with Crippen LogP contribution in [0, 0.1) is 0 Å². The summed E-state index contributed by atoms with van der Waals surface area (Å²) in [6, 6.07) is 0. The van der Waals surface area contributed by atoms with Crippen LogP contribution in [0.4, 0.5) is 0 Å². The van der Waals surface area contributed by atoms with E-state index in [1.165, 1.54) is 6.92 Å². The molecule has 0 rings (SSSR count). The van der Waals surface area contributed by atoms with Gasteiger partial charge in [-0.2, -0.15) is 0 Å². The molecule has 5 nitrogen and oxygen atoms in total. The highest BCUT2D eigenvalue weighted by molar-refractivity contribution is 5.88. The van der Waals surface area contributed by atoms with Crippen LogP contribution in [-0.4, -0.2) is 47.3 Å². The van der Waals surface area contributed by atoms with Gasteiger partial charge in [0.05, 0.1) is 12.2 Å². The highest BCUT2D eigenvalue weighted by atomic mass is 27.0. The van der Waals surface area contributed by atoms with Gasteiger partial charge in [-0.15, -0.1) is 0 Å². The molecule has 0 heterocycles. The number of hydrogen-bond donors (Lipinski definition) is 0. The van der Waals surface area contributed by atoms with Crippen molar-refractivity contribution in [3.63, 3.8) is 0 Å². The van der Waals surface area contributed by atoms with Gasteiger partial charge in [-0.05, 0) is 27.7 Å². The van der Waals surface area contributed by atoms with Crippen LogP contribution in [0.3, 0.4) is 0 Å². The minimum absolute atomic E-state index is 0. The van der Waals surface area contributed by atoms with Gasteiger partial charge in [-0.1, -0.05) is 0 Å². The molecule has 0 saturated heterocycles. The quantitative estimate of drug-likeness (QED) is 0.312. The fraction of sp³-hybridized carbons (Fsp3) is 0.818. The molecular formula is C11H23AlO5. The van der Waals surface area contributed by atoms with Crippen LogP contribution in [-0.2, 0) is 23.8 Å². The fourth-order valence-electron chi connectivity index (χ4n) is 1.25. The van der Waals surface area contributed by atoms with Crippen molar-refractivity contribution in [2.75, 3.05) is 0 Å². The number of ether oxygens (including phenoxy) is 3. The second-order valence-electron chi connectivity index (χ2n) is 4.16. The molecule has 6 heteroatoms. The Morgan fingerprint density at radius 3 is 1.59 bits per heavy atom. The third-order valence-corrected chi connectivity index (χ3v) is 1.53. The lowest BCUT2D eigenvalue weighted by molar-refractivity contribution is -0.261. The SMILES string of the molecule is CC(=O)OC(=O)C(C)(OC(C)C)OC(C)C.[AlH3]. The molecule has 17 heavy (non-hydrogen) atoms. The standard InChI is InChI=1S/C11H20O5.Al.3H/c1-7(2)15-11(6,16-8(3)4)10(13)14-9(5)12;;;;/h7-8H,1-6H3;;;;. The number of hydrogen-bond acceptors (Lipinski definition) is 5. The number of rotatable bonds is 5. The van der Waals surface area contributed by atoms with Crippen molar-refractivity contribution in [2.45, 2.75) is 59.5 Å². The summed E-state index contributed by atoms with van der Waals surface area (Å²) in [5, 5.41) is 0. The number of carbonyl (C=O) groups excluding carboxylic acids is 2. The Morgan fingerprint density at radius 1 is 1.00 bits per heavy atom. The second kappa shape index (κ2) is 7.83. The minimum atomic E-state index is -1.55. The molecule has 0 saturated carbocycles. The average molecular weight is 262 g/mol. The van der Waals surface area contributed by atoms with Crippen molar-refractivity contribution in [3.8, 4) is 0 Å². The lowest BCUT2D eigenvalue weighted by atomic mass is 10.3. The van der Waals surface area contributed by atoms with E-state index < -0.39 is 17.7 Å². The Kier molecular flexibility index (Phi) is 8.73. The topological polar surface area (TPSA) is 61.8 Å². The van der Waals surface area contributed by atoms with Crippen LogP contribution in [0.2, 0.25) is 0 Å². The molecule has 0 amide bonds. The van der Waals surface area contributed by atoms with Crippen LogP contribution in [0.1, 0.15) is 41.5 Å². The summed E-state index contributed by atoms with van der Waals surface area (Å²) in [5.41, 5.74) is 0. The average Bonchev–Trinajstić information content (AvgIpc) is 1.98. The molecule has 0 fully saturated rings. The highest BCUT2D eigenvalue weighted by Crippen LogP contribution is 2.19. The van der Waals surface area contributed by atoms with Crippen molar-refractivity contribution in [1.82, 2.24) is 0 Å². The lowest BCUT2D eigenvalue weighted by Gasteiger charge is -2.30. The fourth-order valence-corrected chi connectivity index (χ4v) is 1.25. The smallest absolute Gasteiger partial charge is 0.374 e. The van der Waals surface area contributed by atoms with E-state index in [2.05, 4.69) is 4.74 Å². The predicted molar refractivity (Wildman–Crippen MR) is 67.6 cm³/mol. The Labute approximate surface area is 113 Å². The van der Waals surface area contributed by atoms with E-state index in [-0.39, 0.29) is 29.6 Å². The van der Waals surface area contributed by atoms with Gasteiger partial charge in [-0.3, -0.25) is 4.79 Å². The Bertz CT molecular complexity index is 253. The molecule has 0 spiro atoms. The number of carbonyl (C=O) groups is 2. The molecule has 0 aromatic carbocycles. The third kappa shape index (κ3) is 7.50. The van der Waals surface area contributed by atoms with Gasteiger partial charge >= 0.3 is 11.9 Å². The third-order valence-electron chi connectivity index (χ3n) is 1.53. The summed E-state index contributed by atoms with van der Waals surface area (Å²) in [4.78, 5) is 22.4. The van der Waals surface area contributed by atoms with Crippen LogP contribution in [0.15, 0.2) is 0 Å². The van der Waals surface area contributed by atoms with Gasteiger partial charge in [0.25, 0.3) is 5.79 Å². The Hall–Kier alpha value is -0.408. The minimum Gasteiger partial charge on any atom is -0.389 e. The molecule has 0 aliphatic rings. The summed E-state index contributed by atoms with van der Waals surface area (Å²) in [6.45, 7) is 9.67. The first-order valence-corrected chi connectivity index (χ1v) is 5.26. The van der Waals surface area contributed by atoms with Crippen LogP contribution in [0.5, 0.6) is 0 Å². The second-order valence-corrected chi connectivity index (χ2v) is 4.16. The van der Waals surface area contributed by atoms with Gasteiger partial charge in [-0.25, -0.2) is 4.79 Å². The normalized spacial score (nSPS) is 11.3. The van der Waals surface area contributed by atoms with Gasteiger partial charge in [0, 0.05) is 13.8 Å². The first-order valence-electron chi connectivity index (χ1n) is 5.26. The zero-order valence-electron chi connectivity index (χ0n) is 10.7. The molecule has 0 N–H and O–H groups in total. The molecule has 0 aliphatic carbocycles. The molecule has 0 aliphatic heterocycles. The largest absolute Gasteiger partial charge is 0.389 e. The zero-order chi connectivity index (χ0) is 12.9. The van der Waals surface area contributed by atoms with Crippen molar-refractivity contribution in [3.05, 3.63) is 0 Å². The molecule has 0 unspecified atom stereocenters. The van der Waals surface area contributed by atoms with Gasteiger partial charge in [0.15, 0.2) is 17.4 Å². The van der Waals surface area contributed by atoms with Crippen LogP contribution >= 0.6 is 0 Å². The Morgan fingerprint density at radius 2 is 1.35 bits per heavy atom. The summed E-state index contributed by atoms with van der Waals surface area (Å²) >= 11 is 0. The summed E-state index contributed by atoms with van der Waals surface area (Å²) < 4.78 is 15.2. The Balaban J connectivity index is 0. The van der Waals surface area contributed by atoms with E-state index in [0.717, 1.165) is 6.92 Å². The van der Waals surface area contributed by atoms with E-state index in [4.69, 9.17) is 9.47 Å². The molecule has 0 aromatic rings. The van der Waals surface area contributed by atoms with E-state index >= 15 is 0 Å². The van der Waals surface area contributed by atoms with E-state index in [9.17, 15) is 9.59 Å². The molecule has 0 atom stereocenters. The van der Waals surface area contributed by atoms with Crippen LogP contribution < -0.4 is 0 Å². The van der Waals surface area contributed by atoms with E-state index in [1.54, 1.807) is 27.7 Å². The first-order chi connectivity index (χ1) is 7.17. The summed E-state index contributed by atoms with van der Waals surface area (Å²) in [5.74, 6) is -3.06. The maximum Gasteiger partial charge on any atom is 0.374 e. The van der Waals surface area contributed by atoms with Gasteiger partial charge in [0.2, 0.25) is 0 Å². The molecule has 0 bridgehead atoms. The predicted octanol–water partition coefficient (Wildman–Crippen LogP) is 0.458.